The quantitative estimate of drug-likeness (QED) is 0.346. The van der Waals surface area contributed by atoms with E-state index in [1.54, 1.807) is 35.9 Å². The molecular formula is C23H19N3O5S. The molecule has 0 radical (unpaired) electrons. The van der Waals surface area contributed by atoms with Crippen molar-refractivity contribution in [1.29, 1.82) is 0 Å². The Kier molecular flexibility index (Phi) is 5.52. The molecule has 4 aromatic rings. The number of sulfonamides is 1. The van der Waals surface area contributed by atoms with E-state index in [9.17, 15) is 18.0 Å². The van der Waals surface area contributed by atoms with Crippen molar-refractivity contribution < 1.29 is 22.7 Å². The highest BCUT2D eigenvalue weighted by Crippen LogP contribution is 2.30. The summed E-state index contributed by atoms with van der Waals surface area (Å²) < 4.78 is 29.6. The van der Waals surface area contributed by atoms with E-state index in [1.807, 2.05) is 30.3 Å². The molecule has 0 saturated heterocycles. The molecule has 2 aromatic carbocycles. The molecule has 1 amide bonds. The van der Waals surface area contributed by atoms with Crippen molar-refractivity contribution in [3.05, 3.63) is 84.7 Å². The second-order valence-electron chi connectivity index (χ2n) is 6.98. The van der Waals surface area contributed by atoms with Crippen molar-refractivity contribution in [3.63, 3.8) is 0 Å². The van der Waals surface area contributed by atoms with E-state index in [1.165, 1.54) is 24.3 Å². The van der Waals surface area contributed by atoms with Gasteiger partial charge in [-0.25, -0.2) is 13.6 Å². The van der Waals surface area contributed by atoms with Crippen LogP contribution in [-0.4, -0.2) is 31.6 Å². The number of hydrogen-bond donors (Lipinski definition) is 2. The zero-order valence-corrected chi connectivity index (χ0v) is 17.8. The van der Waals surface area contributed by atoms with Crippen LogP contribution in [0.1, 0.15) is 10.5 Å². The summed E-state index contributed by atoms with van der Waals surface area (Å²) in [5.74, 6) is -0.921. The zero-order valence-electron chi connectivity index (χ0n) is 17.0. The molecule has 2 aromatic heterocycles. The third-order valence-electron chi connectivity index (χ3n) is 4.94. The molecule has 162 valence electrons. The van der Waals surface area contributed by atoms with E-state index in [4.69, 9.17) is 9.88 Å². The van der Waals surface area contributed by atoms with Gasteiger partial charge < -0.3 is 14.5 Å². The molecule has 0 atom stereocenters. The van der Waals surface area contributed by atoms with Crippen LogP contribution < -0.4 is 15.2 Å². The average molecular weight is 449 g/mol. The summed E-state index contributed by atoms with van der Waals surface area (Å²) in [5.41, 5.74) is 2.59. The number of nitrogens with zero attached hydrogens (tertiary/aromatic N) is 1. The Balaban J connectivity index is 1.70. The number of anilines is 1. The van der Waals surface area contributed by atoms with Gasteiger partial charge in [0.15, 0.2) is 0 Å². The predicted molar refractivity (Wildman–Crippen MR) is 120 cm³/mol. The topological polar surface area (TPSA) is 120 Å². The number of fused-ring (bicyclic) bond motifs is 1. The number of pyridine rings is 1. The Morgan fingerprint density at radius 2 is 1.66 bits per heavy atom. The van der Waals surface area contributed by atoms with Crippen LogP contribution in [0.3, 0.4) is 0 Å². The van der Waals surface area contributed by atoms with Crippen molar-refractivity contribution >= 4 is 32.9 Å². The first kappa shape index (κ1) is 21.3. The summed E-state index contributed by atoms with van der Waals surface area (Å²) in [7, 11) is -2.29. The summed E-state index contributed by atoms with van der Waals surface area (Å²) in [6.07, 6.45) is 1.71. The molecule has 3 N–H and O–H groups in total. The first-order chi connectivity index (χ1) is 15.3. The normalized spacial score (nSPS) is 11.3. The van der Waals surface area contributed by atoms with E-state index < -0.39 is 21.7 Å². The third-order valence-corrected chi connectivity index (χ3v) is 5.87. The van der Waals surface area contributed by atoms with Crippen LogP contribution in [0.4, 0.5) is 5.69 Å². The van der Waals surface area contributed by atoms with Gasteiger partial charge >= 0.3 is 0 Å². The molecule has 4 rings (SSSR count). The van der Waals surface area contributed by atoms with Crippen molar-refractivity contribution in [2.45, 2.75) is 4.90 Å². The zero-order chi connectivity index (χ0) is 22.9. The summed E-state index contributed by atoms with van der Waals surface area (Å²) in [6, 6.07) is 19.7. The molecule has 0 aliphatic rings. The highest BCUT2D eigenvalue weighted by Gasteiger charge is 2.25. The van der Waals surface area contributed by atoms with E-state index in [0.29, 0.717) is 11.3 Å². The summed E-state index contributed by atoms with van der Waals surface area (Å²) in [4.78, 5) is 25.9. The largest absolute Gasteiger partial charge is 0.497 e. The van der Waals surface area contributed by atoms with Crippen LogP contribution in [0.5, 0.6) is 5.75 Å². The highest BCUT2D eigenvalue weighted by atomic mass is 32.2. The summed E-state index contributed by atoms with van der Waals surface area (Å²) in [6.45, 7) is 0. The number of carbonyl (C=O) groups excluding carboxylic acids is 2. The lowest BCUT2D eigenvalue weighted by Crippen LogP contribution is -2.24. The van der Waals surface area contributed by atoms with E-state index >= 15 is 0 Å². The number of hydrogen-bond acceptors (Lipinski definition) is 5. The van der Waals surface area contributed by atoms with Crippen LogP contribution in [0.25, 0.3) is 16.6 Å². The number of aromatic nitrogens is 1. The Labute approximate surface area is 184 Å². The number of benzene rings is 2. The number of carbonyl (C=O) groups is 2. The minimum atomic E-state index is -3.86. The molecule has 9 heteroatoms. The van der Waals surface area contributed by atoms with Crippen LogP contribution in [-0.2, 0) is 14.8 Å². The highest BCUT2D eigenvalue weighted by molar-refractivity contribution is 7.89. The summed E-state index contributed by atoms with van der Waals surface area (Å²) in [5, 5.41) is 7.60. The fraction of sp³-hybridized carbons (Fsp3) is 0.0435. The Bertz CT molecular complexity index is 1420. The smallest absolute Gasteiger partial charge is 0.298 e. The Hall–Kier alpha value is -3.95. The number of primary sulfonamides is 1. The van der Waals surface area contributed by atoms with Crippen LogP contribution >= 0.6 is 0 Å². The molecule has 0 fully saturated rings. The van der Waals surface area contributed by atoms with Gasteiger partial charge in [0.2, 0.25) is 10.0 Å². The first-order valence-electron chi connectivity index (χ1n) is 9.51. The number of ketones is 1. The number of rotatable bonds is 6. The van der Waals surface area contributed by atoms with Gasteiger partial charge in [0.05, 0.1) is 12.0 Å². The molecule has 2 heterocycles. The van der Waals surface area contributed by atoms with Gasteiger partial charge in [-0.1, -0.05) is 18.2 Å². The van der Waals surface area contributed by atoms with Crippen molar-refractivity contribution in [1.82, 2.24) is 4.40 Å². The maximum Gasteiger partial charge on any atom is 0.298 e. The maximum absolute atomic E-state index is 13.2. The third kappa shape index (κ3) is 4.11. The van der Waals surface area contributed by atoms with Gasteiger partial charge in [-0.05, 0) is 60.2 Å². The van der Waals surface area contributed by atoms with Crippen LogP contribution in [0.2, 0.25) is 0 Å². The standard InChI is InChI=1S/C23H19N3O5S/c1-31-18-9-5-15(6-10-18)20-14-17-4-2-3-13-26(17)21(20)22(27)23(28)25-16-7-11-19(12-8-16)32(24,29)30/h2-14H,1H3,(H,25,28)(H2,24,29,30). The van der Waals surface area contributed by atoms with E-state index in [0.717, 1.165) is 11.1 Å². The van der Waals surface area contributed by atoms with Crippen molar-refractivity contribution in [3.8, 4) is 16.9 Å². The molecule has 0 spiro atoms. The van der Waals surface area contributed by atoms with Crippen molar-refractivity contribution in [2.24, 2.45) is 5.14 Å². The number of methoxy groups -OCH3 is 1. The predicted octanol–water partition coefficient (Wildman–Crippen LogP) is 3.08. The first-order valence-corrected chi connectivity index (χ1v) is 11.1. The monoisotopic (exact) mass is 449 g/mol. The van der Waals surface area contributed by atoms with Gasteiger partial charge in [0, 0.05) is 23.0 Å². The number of Topliss-reactive ketones (excluding diaryl/α,β-unsaturated/α-hetero) is 1. The van der Waals surface area contributed by atoms with Gasteiger partial charge in [0.1, 0.15) is 11.4 Å². The van der Waals surface area contributed by atoms with Gasteiger partial charge in [0.25, 0.3) is 11.7 Å². The summed E-state index contributed by atoms with van der Waals surface area (Å²) >= 11 is 0. The van der Waals surface area contributed by atoms with Gasteiger partial charge in [-0.2, -0.15) is 0 Å². The molecule has 0 aliphatic heterocycles. The molecule has 8 nitrogen and oxygen atoms in total. The molecular weight excluding hydrogens is 430 g/mol. The average Bonchev–Trinajstić information content (AvgIpc) is 3.18. The second kappa shape index (κ2) is 8.29. The fourth-order valence-electron chi connectivity index (χ4n) is 3.37. The van der Waals surface area contributed by atoms with Crippen LogP contribution in [0.15, 0.2) is 83.9 Å². The molecule has 0 aliphatic carbocycles. The number of amides is 1. The molecule has 32 heavy (non-hydrogen) atoms. The van der Waals surface area contributed by atoms with Crippen LogP contribution in [0, 0.1) is 0 Å². The Morgan fingerprint density at radius 3 is 2.28 bits per heavy atom. The number of nitrogens with two attached hydrogens (primary N) is 1. The number of ether oxygens (including phenoxy) is 1. The molecule has 0 bridgehead atoms. The van der Waals surface area contributed by atoms with E-state index in [2.05, 4.69) is 5.32 Å². The minimum Gasteiger partial charge on any atom is -0.497 e. The molecule has 0 saturated carbocycles. The van der Waals surface area contributed by atoms with E-state index in [-0.39, 0.29) is 16.3 Å². The molecule has 0 unspecified atom stereocenters. The minimum absolute atomic E-state index is 0.0961. The van der Waals surface area contributed by atoms with Gasteiger partial charge in [-0.3, -0.25) is 9.59 Å². The maximum atomic E-state index is 13.2. The Morgan fingerprint density at radius 1 is 0.969 bits per heavy atom. The van der Waals surface area contributed by atoms with Gasteiger partial charge in [-0.15, -0.1) is 0 Å². The lowest BCUT2D eigenvalue weighted by atomic mass is 10.0. The second-order valence-corrected chi connectivity index (χ2v) is 8.54. The fourth-order valence-corrected chi connectivity index (χ4v) is 3.88. The SMILES string of the molecule is COc1ccc(-c2cc3ccccn3c2C(=O)C(=O)Nc2ccc(S(N)(=O)=O)cc2)cc1. The number of nitrogens with one attached hydrogen (secondary N) is 1. The van der Waals surface area contributed by atoms with Crippen molar-refractivity contribution in [2.75, 3.05) is 12.4 Å². The lowest BCUT2D eigenvalue weighted by Gasteiger charge is -2.09. The lowest BCUT2D eigenvalue weighted by molar-refractivity contribution is -0.112.